The molecule has 0 atom stereocenters. The minimum Gasteiger partial charge on any atom is -0.472 e. The van der Waals surface area contributed by atoms with Crippen LogP contribution in [0, 0.1) is 0 Å². The third-order valence-corrected chi connectivity index (χ3v) is 3.81. The van der Waals surface area contributed by atoms with Gasteiger partial charge in [-0.25, -0.2) is 13.8 Å². The van der Waals surface area contributed by atoms with Gasteiger partial charge in [-0.3, -0.25) is 9.59 Å². The van der Waals surface area contributed by atoms with Crippen molar-refractivity contribution in [2.45, 2.75) is 26.8 Å². The molecule has 8 heteroatoms. The Morgan fingerprint density at radius 2 is 2.00 bits per heavy atom. The summed E-state index contributed by atoms with van der Waals surface area (Å²) in [5.41, 5.74) is 1.57. The number of pyridine rings is 1. The molecule has 0 bridgehead atoms. The fourth-order valence-corrected chi connectivity index (χ4v) is 2.40. The normalized spacial score (nSPS) is 10.6. The SMILES string of the molecule is CCN(Cc1ccccc1NC(=O)c1ccnc(OCC(F)F)c1)C(C)=O. The van der Waals surface area contributed by atoms with E-state index in [-0.39, 0.29) is 17.4 Å². The molecule has 0 fully saturated rings. The van der Waals surface area contributed by atoms with Gasteiger partial charge in [-0.1, -0.05) is 18.2 Å². The number of ether oxygens (including phenoxy) is 1. The molecule has 0 aliphatic rings. The minimum absolute atomic E-state index is 0.0510. The number of carbonyl (C=O) groups is 2. The Kier molecular flexibility index (Phi) is 7.22. The van der Waals surface area contributed by atoms with Crippen molar-refractivity contribution >= 4 is 17.5 Å². The molecule has 0 saturated heterocycles. The first kappa shape index (κ1) is 20.3. The molecular formula is C19H21F2N3O3. The fourth-order valence-electron chi connectivity index (χ4n) is 2.40. The van der Waals surface area contributed by atoms with Crippen molar-refractivity contribution in [2.75, 3.05) is 18.5 Å². The zero-order valence-corrected chi connectivity index (χ0v) is 15.1. The molecule has 2 aromatic rings. The Balaban J connectivity index is 2.14. The highest BCUT2D eigenvalue weighted by Gasteiger charge is 2.14. The van der Waals surface area contributed by atoms with Gasteiger partial charge in [-0.05, 0) is 24.6 Å². The first-order chi connectivity index (χ1) is 12.9. The van der Waals surface area contributed by atoms with E-state index in [0.29, 0.717) is 18.8 Å². The summed E-state index contributed by atoms with van der Waals surface area (Å²) in [5, 5.41) is 2.78. The Bertz CT molecular complexity index is 799. The standard InChI is InChI=1S/C19H21F2N3O3/c1-3-24(13(2)25)11-15-6-4-5-7-16(15)23-19(26)14-8-9-22-18(10-14)27-12-17(20)21/h4-10,17H,3,11-12H2,1-2H3,(H,23,26). The van der Waals surface area contributed by atoms with Crippen LogP contribution in [-0.2, 0) is 11.3 Å². The van der Waals surface area contributed by atoms with E-state index in [9.17, 15) is 18.4 Å². The molecule has 144 valence electrons. The lowest BCUT2D eigenvalue weighted by Crippen LogP contribution is -2.28. The summed E-state index contributed by atoms with van der Waals surface area (Å²) in [6, 6.07) is 9.91. The Labute approximate surface area is 156 Å². The highest BCUT2D eigenvalue weighted by atomic mass is 19.3. The number of hydrogen-bond acceptors (Lipinski definition) is 4. The van der Waals surface area contributed by atoms with Crippen molar-refractivity contribution in [3.63, 3.8) is 0 Å². The van der Waals surface area contributed by atoms with Gasteiger partial charge in [-0.2, -0.15) is 0 Å². The first-order valence-electron chi connectivity index (χ1n) is 8.42. The van der Waals surface area contributed by atoms with Crippen molar-refractivity contribution in [3.8, 4) is 5.88 Å². The number of anilines is 1. The number of nitrogens with one attached hydrogen (secondary N) is 1. The van der Waals surface area contributed by atoms with E-state index in [1.165, 1.54) is 25.3 Å². The van der Waals surface area contributed by atoms with Gasteiger partial charge in [0.15, 0.2) is 6.61 Å². The van der Waals surface area contributed by atoms with Crippen molar-refractivity contribution in [1.82, 2.24) is 9.88 Å². The Morgan fingerprint density at radius 1 is 1.26 bits per heavy atom. The van der Waals surface area contributed by atoms with Crippen molar-refractivity contribution in [2.24, 2.45) is 0 Å². The average molecular weight is 377 g/mol. The molecule has 0 aliphatic heterocycles. The largest absolute Gasteiger partial charge is 0.472 e. The first-order valence-corrected chi connectivity index (χ1v) is 8.42. The zero-order chi connectivity index (χ0) is 19.8. The zero-order valence-electron chi connectivity index (χ0n) is 15.1. The van der Waals surface area contributed by atoms with E-state index in [1.54, 1.807) is 17.0 Å². The Morgan fingerprint density at radius 3 is 2.67 bits per heavy atom. The third-order valence-electron chi connectivity index (χ3n) is 3.81. The van der Waals surface area contributed by atoms with Crippen LogP contribution in [0.5, 0.6) is 5.88 Å². The highest BCUT2D eigenvalue weighted by molar-refractivity contribution is 6.04. The molecule has 0 unspecified atom stereocenters. The summed E-state index contributed by atoms with van der Waals surface area (Å²) in [5.74, 6) is -0.545. The number of rotatable bonds is 8. The molecule has 1 aromatic heterocycles. The van der Waals surface area contributed by atoms with E-state index in [0.717, 1.165) is 5.56 Å². The van der Waals surface area contributed by atoms with E-state index < -0.39 is 18.9 Å². The summed E-state index contributed by atoms with van der Waals surface area (Å²) < 4.78 is 29.3. The second-order valence-electron chi connectivity index (χ2n) is 5.73. The summed E-state index contributed by atoms with van der Waals surface area (Å²) in [7, 11) is 0. The molecule has 1 heterocycles. The van der Waals surface area contributed by atoms with Gasteiger partial charge in [0.05, 0.1) is 0 Å². The van der Waals surface area contributed by atoms with E-state index in [2.05, 4.69) is 10.3 Å². The quantitative estimate of drug-likeness (QED) is 0.766. The number of aromatic nitrogens is 1. The lowest BCUT2D eigenvalue weighted by molar-refractivity contribution is -0.129. The van der Waals surface area contributed by atoms with Crippen LogP contribution in [0.15, 0.2) is 42.6 Å². The number of carbonyl (C=O) groups excluding carboxylic acids is 2. The maximum Gasteiger partial charge on any atom is 0.272 e. The van der Waals surface area contributed by atoms with Gasteiger partial charge in [0.1, 0.15) is 0 Å². The molecule has 0 radical (unpaired) electrons. The highest BCUT2D eigenvalue weighted by Crippen LogP contribution is 2.19. The van der Waals surface area contributed by atoms with E-state index in [1.807, 2.05) is 19.1 Å². The number of alkyl halides is 2. The van der Waals surface area contributed by atoms with Crippen molar-refractivity contribution in [3.05, 3.63) is 53.7 Å². The molecule has 0 aliphatic carbocycles. The number of para-hydroxylation sites is 1. The van der Waals surface area contributed by atoms with Gasteiger partial charge in [0.2, 0.25) is 11.8 Å². The van der Waals surface area contributed by atoms with Crippen LogP contribution < -0.4 is 10.1 Å². The molecule has 0 spiro atoms. The van der Waals surface area contributed by atoms with Crippen LogP contribution >= 0.6 is 0 Å². The van der Waals surface area contributed by atoms with Gasteiger partial charge in [-0.15, -0.1) is 0 Å². The second-order valence-corrected chi connectivity index (χ2v) is 5.73. The molecule has 2 amide bonds. The van der Waals surface area contributed by atoms with E-state index in [4.69, 9.17) is 4.74 Å². The fraction of sp³-hybridized carbons (Fsp3) is 0.316. The molecule has 27 heavy (non-hydrogen) atoms. The third kappa shape index (κ3) is 6.02. The summed E-state index contributed by atoms with van der Waals surface area (Å²) in [4.78, 5) is 29.6. The number of benzene rings is 1. The second kappa shape index (κ2) is 9.61. The maximum atomic E-state index is 12.5. The molecule has 1 aromatic carbocycles. The number of halogens is 2. The number of nitrogens with zero attached hydrogens (tertiary/aromatic N) is 2. The molecular weight excluding hydrogens is 356 g/mol. The molecule has 0 saturated carbocycles. The Hall–Kier alpha value is -3.03. The predicted molar refractivity (Wildman–Crippen MR) is 96.9 cm³/mol. The van der Waals surface area contributed by atoms with Crippen LogP contribution in [-0.4, -0.2) is 41.3 Å². The van der Waals surface area contributed by atoms with Gasteiger partial charge in [0.25, 0.3) is 12.3 Å². The van der Waals surface area contributed by atoms with Crippen molar-refractivity contribution < 1.29 is 23.1 Å². The number of hydrogen-bond donors (Lipinski definition) is 1. The molecule has 6 nitrogen and oxygen atoms in total. The molecule has 1 N–H and O–H groups in total. The summed E-state index contributed by atoms with van der Waals surface area (Å²) >= 11 is 0. The van der Waals surface area contributed by atoms with Crippen LogP contribution in [0.4, 0.5) is 14.5 Å². The van der Waals surface area contributed by atoms with E-state index >= 15 is 0 Å². The van der Waals surface area contributed by atoms with Gasteiger partial charge in [0, 0.05) is 43.5 Å². The lowest BCUT2D eigenvalue weighted by atomic mass is 10.1. The molecule has 2 rings (SSSR count). The summed E-state index contributed by atoms with van der Waals surface area (Å²) in [6.07, 6.45) is -1.31. The van der Waals surface area contributed by atoms with Crippen LogP contribution in [0.2, 0.25) is 0 Å². The number of amides is 2. The van der Waals surface area contributed by atoms with Crippen LogP contribution in [0.3, 0.4) is 0 Å². The van der Waals surface area contributed by atoms with Crippen LogP contribution in [0.25, 0.3) is 0 Å². The minimum atomic E-state index is -2.63. The monoisotopic (exact) mass is 377 g/mol. The van der Waals surface area contributed by atoms with Crippen LogP contribution in [0.1, 0.15) is 29.8 Å². The lowest BCUT2D eigenvalue weighted by Gasteiger charge is -2.21. The van der Waals surface area contributed by atoms with Gasteiger partial charge < -0.3 is 15.0 Å². The van der Waals surface area contributed by atoms with Gasteiger partial charge >= 0.3 is 0 Å². The van der Waals surface area contributed by atoms with Crippen molar-refractivity contribution in [1.29, 1.82) is 0 Å². The average Bonchev–Trinajstić information content (AvgIpc) is 2.65. The smallest absolute Gasteiger partial charge is 0.272 e. The topological polar surface area (TPSA) is 71.5 Å². The predicted octanol–water partition coefficient (Wildman–Crippen LogP) is 3.35. The maximum absolute atomic E-state index is 12.5. The summed E-state index contributed by atoms with van der Waals surface area (Å²) in [6.45, 7) is 3.48.